The summed E-state index contributed by atoms with van der Waals surface area (Å²) in [6, 6.07) is 10.1. The van der Waals surface area contributed by atoms with Gasteiger partial charge in [-0.05, 0) is 23.6 Å². The molecule has 0 aliphatic carbocycles. The molecule has 1 heterocycles. The van der Waals surface area contributed by atoms with Gasteiger partial charge in [0.15, 0.2) is 5.82 Å². The number of benzene rings is 1. The van der Waals surface area contributed by atoms with Crippen molar-refractivity contribution in [2.75, 3.05) is 0 Å². The van der Waals surface area contributed by atoms with Gasteiger partial charge < -0.3 is 0 Å². The molecule has 2 aromatic rings. The van der Waals surface area contributed by atoms with Gasteiger partial charge in [-0.25, -0.2) is 0 Å². The van der Waals surface area contributed by atoms with Crippen LogP contribution in [0, 0.1) is 0 Å². The van der Waals surface area contributed by atoms with Crippen LogP contribution in [0.4, 0.5) is 0 Å². The predicted octanol–water partition coefficient (Wildman–Crippen LogP) is 2.51. The van der Waals surface area contributed by atoms with Crippen LogP contribution < -0.4 is 0 Å². The largest absolute Gasteiger partial charge is 0.174 e. The first-order chi connectivity index (χ1) is 8.25. The zero-order valence-corrected chi connectivity index (χ0v) is 10.5. The van der Waals surface area contributed by atoms with E-state index in [0.29, 0.717) is 0 Å². The Kier molecular flexibility index (Phi) is 4.09. The number of hydrogen-bond acceptors (Lipinski definition) is 3. The Labute approximate surface area is 106 Å². The molecule has 4 nitrogen and oxygen atoms in total. The fourth-order valence-corrected chi connectivity index (χ4v) is 1.99. The van der Waals surface area contributed by atoms with Gasteiger partial charge in [-0.15, -0.1) is 21.8 Å². The molecule has 1 aromatic carbocycles. The van der Waals surface area contributed by atoms with Crippen molar-refractivity contribution in [3.05, 3.63) is 41.7 Å². The smallest absolute Gasteiger partial charge is 0.167 e. The van der Waals surface area contributed by atoms with Crippen LogP contribution in [0.3, 0.4) is 0 Å². The number of tetrazole rings is 1. The van der Waals surface area contributed by atoms with Gasteiger partial charge in [0.2, 0.25) is 0 Å². The Morgan fingerprint density at radius 2 is 2.06 bits per heavy atom. The number of rotatable bonds is 5. The molecule has 1 aromatic heterocycles. The molecule has 0 saturated carbocycles. The second-order valence-corrected chi connectivity index (χ2v) is 4.49. The molecule has 1 atom stereocenters. The fraction of sp³-hybridized carbons (Fsp3) is 0.417. The third kappa shape index (κ3) is 3.53. The summed E-state index contributed by atoms with van der Waals surface area (Å²) in [6.45, 7) is 0. The number of alkyl halides is 1. The first kappa shape index (κ1) is 12.0. The number of nitrogens with zero attached hydrogens (tertiary/aromatic N) is 4. The highest BCUT2D eigenvalue weighted by Gasteiger charge is 2.08. The summed E-state index contributed by atoms with van der Waals surface area (Å²) in [5.74, 6) is 0.782. The van der Waals surface area contributed by atoms with Crippen molar-refractivity contribution < 1.29 is 0 Å². The fourth-order valence-electron chi connectivity index (χ4n) is 1.69. The Morgan fingerprint density at radius 1 is 1.29 bits per heavy atom. The van der Waals surface area contributed by atoms with Gasteiger partial charge in [-0.3, -0.25) is 0 Å². The summed E-state index contributed by atoms with van der Waals surface area (Å²) < 4.78 is 0. The zero-order chi connectivity index (χ0) is 12.1. The maximum Gasteiger partial charge on any atom is 0.174 e. The van der Waals surface area contributed by atoms with E-state index in [4.69, 9.17) is 11.6 Å². The van der Waals surface area contributed by atoms with E-state index in [-0.39, 0.29) is 5.38 Å². The van der Waals surface area contributed by atoms with Crippen molar-refractivity contribution in [3.63, 3.8) is 0 Å². The number of hydrogen-bond donors (Lipinski definition) is 0. The van der Waals surface area contributed by atoms with E-state index in [1.807, 2.05) is 18.2 Å². The Balaban J connectivity index is 1.79. The summed E-state index contributed by atoms with van der Waals surface area (Å²) in [6.07, 6.45) is 2.71. The third-order valence-electron chi connectivity index (χ3n) is 2.57. The first-order valence-electron chi connectivity index (χ1n) is 5.67. The van der Waals surface area contributed by atoms with Gasteiger partial charge in [0, 0.05) is 6.42 Å². The van der Waals surface area contributed by atoms with Crippen LogP contribution in [-0.2, 0) is 13.5 Å². The van der Waals surface area contributed by atoms with Crippen LogP contribution in [-0.4, -0.2) is 20.2 Å². The summed E-state index contributed by atoms with van der Waals surface area (Å²) >= 11 is 6.32. The highest BCUT2D eigenvalue weighted by Crippen LogP contribution is 2.25. The van der Waals surface area contributed by atoms with E-state index in [1.165, 1.54) is 10.4 Å². The topological polar surface area (TPSA) is 43.6 Å². The van der Waals surface area contributed by atoms with Gasteiger partial charge in [0.05, 0.1) is 12.4 Å². The zero-order valence-electron chi connectivity index (χ0n) is 9.75. The van der Waals surface area contributed by atoms with Crippen LogP contribution in [0.25, 0.3) is 0 Å². The quantitative estimate of drug-likeness (QED) is 0.766. The molecule has 0 fully saturated rings. The molecule has 5 heteroatoms. The molecule has 0 spiro atoms. The van der Waals surface area contributed by atoms with Crippen molar-refractivity contribution in [1.29, 1.82) is 0 Å². The first-order valence-corrected chi connectivity index (χ1v) is 6.11. The van der Waals surface area contributed by atoms with Gasteiger partial charge in [0.25, 0.3) is 0 Å². The molecule has 0 radical (unpaired) electrons. The monoisotopic (exact) mass is 250 g/mol. The average molecular weight is 251 g/mol. The van der Waals surface area contributed by atoms with Crippen LogP contribution >= 0.6 is 11.6 Å². The summed E-state index contributed by atoms with van der Waals surface area (Å²) in [7, 11) is 1.77. The van der Waals surface area contributed by atoms with Crippen LogP contribution in [0.15, 0.2) is 30.3 Å². The third-order valence-corrected chi connectivity index (χ3v) is 3.04. The standard InChI is InChI=1S/C12H15ClN4/c1-17-15-12(14-16-17)9-5-8-11(13)10-6-3-2-4-7-10/h2-4,6-7,11H,5,8-9H2,1H3. The van der Waals surface area contributed by atoms with Crippen molar-refractivity contribution >= 4 is 11.6 Å². The molecule has 2 rings (SSSR count). The molecule has 0 N–H and O–H groups in total. The lowest BCUT2D eigenvalue weighted by Crippen LogP contribution is -1.95. The van der Waals surface area contributed by atoms with Crippen molar-refractivity contribution in [1.82, 2.24) is 20.2 Å². The lowest BCUT2D eigenvalue weighted by molar-refractivity contribution is 0.624. The maximum atomic E-state index is 6.32. The molecule has 0 aliphatic rings. The van der Waals surface area contributed by atoms with Crippen LogP contribution in [0.2, 0.25) is 0 Å². The summed E-state index contributed by atoms with van der Waals surface area (Å²) in [5.41, 5.74) is 1.17. The minimum Gasteiger partial charge on any atom is -0.167 e. The molecular weight excluding hydrogens is 236 g/mol. The second kappa shape index (κ2) is 5.77. The molecular formula is C12H15ClN4. The van der Waals surface area contributed by atoms with E-state index in [1.54, 1.807) is 7.05 Å². The molecule has 90 valence electrons. The number of halogens is 1. The lowest BCUT2D eigenvalue weighted by Gasteiger charge is -2.08. The Morgan fingerprint density at radius 3 is 2.71 bits per heavy atom. The second-order valence-electron chi connectivity index (χ2n) is 3.97. The average Bonchev–Trinajstić information content (AvgIpc) is 2.76. The van der Waals surface area contributed by atoms with Gasteiger partial charge in [0.1, 0.15) is 0 Å². The molecule has 0 aliphatic heterocycles. The molecule has 0 amide bonds. The van der Waals surface area contributed by atoms with Crippen molar-refractivity contribution in [2.45, 2.75) is 24.6 Å². The lowest BCUT2D eigenvalue weighted by atomic mass is 10.1. The number of aromatic nitrogens is 4. The SMILES string of the molecule is Cn1nnc(CCCC(Cl)c2ccccc2)n1. The minimum absolute atomic E-state index is 0.0628. The van der Waals surface area contributed by atoms with E-state index in [2.05, 4.69) is 27.5 Å². The highest BCUT2D eigenvalue weighted by atomic mass is 35.5. The molecule has 0 bridgehead atoms. The van der Waals surface area contributed by atoms with E-state index in [0.717, 1.165) is 25.1 Å². The predicted molar refractivity (Wildman–Crippen MR) is 66.8 cm³/mol. The normalized spacial score (nSPS) is 12.6. The Hall–Kier alpha value is -1.42. The van der Waals surface area contributed by atoms with Crippen molar-refractivity contribution in [3.8, 4) is 0 Å². The minimum atomic E-state index is 0.0628. The van der Waals surface area contributed by atoms with Gasteiger partial charge in [-0.1, -0.05) is 30.3 Å². The van der Waals surface area contributed by atoms with E-state index >= 15 is 0 Å². The summed E-state index contributed by atoms with van der Waals surface area (Å²) in [4.78, 5) is 1.48. The molecule has 1 unspecified atom stereocenters. The van der Waals surface area contributed by atoms with Crippen molar-refractivity contribution in [2.24, 2.45) is 7.05 Å². The number of aryl methyl sites for hydroxylation is 2. The highest BCUT2D eigenvalue weighted by molar-refractivity contribution is 6.20. The van der Waals surface area contributed by atoms with E-state index in [9.17, 15) is 0 Å². The molecule has 17 heavy (non-hydrogen) atoms. The van der Waals surface area contributed by atoms with Crippen LogP contribution in [0.5, 0.6) is 0 Å². The van der Waals surface area contributed by atoms with E-state index < -0.39 is 0 Å². The van der Waals surface area contributed by atoms with Crippen LogP contribution in [0.1, 0.15) is 29.6 Å². The maximum absolute atomic E-state index is 6.32. The Bertz CT molecular complexity index is 455. The summed E-state index contributed by atoms with van der Waals surface area (Å²) in [5, 5.41) is 11.9. The van der Waals surface area contributed by atoms with Gasteiger partial charge in [-0.2, -0.15) is 4.80 Å². The molecule has 0 saturated heterocycles. The van der Waals surface area contributed by atoms with Gasteiger partial charge >= 0.3 is 0 Å².